The highest BCUT2D eigenvalue weighted by Gasteiger charge is 2.11. The summed E-state index contributed by atoms with van der Waals surface area (Å²) in [5.74, 6) is -0.0713. The van der Waals surface area contributed by atoms with Crippen LogP contribution in [-0.2, 0) is 11.2 Å². The number of hydrogen-bond donors (Lipinski definition) is 1. The molecule has 0 aliphatic rings. The van der Waals surface area contributed by atoms with Gasteiger partial charge in [0.1, 0.15) is 17.2 Å². The lowest BCUT2D eigenvalue weighted by atomic mass is 10.1. The first-order valence-electron chi connectivity index (χ1n) is 8.42. The number of phenolic OH excluding ortho intramolecular Hbond substituents is 1. The lowest BCUT2D eigenvalue weighted by Crippen LogP contribution is -2.08. The maximum Gasteiger partial charge on any atom is 0.343 e. The van der Waals surface area contributed by atoms with Gasteiger partial charge >= 0.3 is 11.9 Å². The zero-order valence-electron chi connectivity index (χ0n) is 14.8. The Hall–Kier alpha value is -3.60. The molecule has 3 aromatic rings. The quantitative estimate of drug-likeness (QED) is 0.413. The number of carbonyl (C=O) groups is 2. The summed E-state index contributed by atoms with van der Waals surface area (Å²) in [5, 5.41) is 11.3. The number of rotatable bonds is 5. The Morgan fingerprint density at radius 1 is 0.963 bits per heavy atom. The third kappa shape index (κ3) is 4.15. The van der Waals surface area contributed by atoms with Gasteiger partial charge in [0.25, 0.3) is 0 Å². The smallest absolute Gasteiger partial charge is 0.343 e. The van der Waals surface area contributed by atoms with E-state index in [4.69, 9.17) is 9.47 Å². The summed E-state index contributed by atoms with van der Waals surface area (Å²) in [6, 6.07) is 14.9. The summed E-state index contributed by atoms with van der Waals surface area (Å²) < 4.78 is 10.5. The fourth-order valence-electron chi connectivity index (χ4n) is 2.65. The van der Waals surface area contributed by atoms with E-state index < -0.39 is 11.9 Å². The Morgan fingerprint density at radius 2 is 1.63 bits per heavy atom. The van der Waals surface area contributed by atoms with Crippen LogP contribution in [0.1, 0.15) is 22.8 Å². The predicted octanol–water partition coefficient (Wildman–Crippen LogP) is 4.42. The van der Waals surface area contributed by atoms with Gasteiger partial charge in [0.05, 0.1) is 5.56 Å². The molecule has 0 fully saturated rings. The maximum atomic E-state index is 12.4. The molecule has 0 radical (unpaired) electrons. The third-order valence-corrected chi connectivity index (χ3v) is 4.07. The van der Waals surface area contributed by atoms with Crippen LogP contribution < -0.4 is 9.47 Å². The summed E-state index contributed by atoms with van der Waals surface area (Å²) >= 11 is 0. The second kappa shape index (κ2) is 7.74. The molecule has 0 saturated carbocycles. The summed E-state index contributed by atoms with van der Waals surface area (Å²) in [5.41, 5.74) is 1.10. The van der Waals surface area contributed by atoms with Crippen LogP contribution >= 0.6 is 0 Å². The van der Waals surface area contributed by atoms with Crippen LogP contribution in [0.15, 0.2) is 67.3 Å². The van der Waals surface area contributed by atoms with Gasteiger partial charge in [-0.15, -0.1) is 0 Å². The third-order valence-electron chi connectivity index (χ3n) is 4.07. The van der Waals surface area contributed by atoms with Crippen LogP contribution in [0.25, 0.3) is 10.8 Å². The lowest BCUT2D eigenvalue weighted by molar-refractivity contribution is -0.128. The van der Waals surface area contributed by atoms with Crippen molar-refractivity contribution in [2.24, 2.45) is 0 Å². The fourth-order valence-corrected chi connectivity index (χ4v) is 2.65. The molecular weight excluding hydrogens is 344 g/mol. The van der Waals surface area contributed by atoms with Crippen molar-refractivity contribution in [2.45, 2.75) is 13.3 Å². The summed E-state index contributed by atoms with van der Waals surface area (Å²) in [6.07, 6.45) is 1.72. The monoisotopic (exact) mass is 362 g/mol. The topological polar surface area (TPSA) is 72.8 Å². The van der Waals surface area contributed by atoms with E-state index in [-0.39, 0.29) is 5.75 Å². The minimum atomic E-state index is -0.533. The Bertz CT molecular complexity index is 1040. The van der Waals surface area contributed by atoms with E-state index in [1.807, 2.05) is 6.92 Å². The molecule has 0 heterocycles. The molecule has 0 saturated heterocycles. The second-order valence-corrected chi connectivity index (χ2v) is 5.88. The van der Waals surface area contributed by atoms with Gasteiger partial charge in [0.15, 0.2) is 0 Å². The largest absolute Gasteiger partial charge is 0.508 e. The molecule has 0 bridgehead atoms. The molecule has 0 unspecified atom stereocenters. The molecule has 0 amide bonds. The molecule has 0 atom stereocenters. The number of carbonyl (C=O) groups excluding carboxylic acids is 2. The van der Waals surface area contributed by atoms with Crippen LogP contribution in [0.5, 0.6) is 17.2 Å². The minimum absolute atomic E-state index is 0.177. The lowest BCUT2D eigenvalue weighted by Gasteiger charge is -2.08. The van der Waals surface area contributed by atoms with Gasteiger partial charge in [-0.2, -0.15) is 0 Å². The number of phenols is 1. The van der Waals surface area contributed by atoms with Gasteiger partial charge in [-0.05, 0) is 65.2 Å². The molecule has 27 heavy (non-hydrogen) atoms. The standard InChI is InChI=1S/C22H18O5/c1-3-14-12-19(9-10-20(14)23)27-22(25)17-6-5-16-13-18(26-21(24)4-2)8-7-15(16)11-17/h4-13,23H,2-3H2,1H3. The normalized spacial score (nSPS) is 10.4. The first kappa shape index (κ1) is 18.2. The highest BCUT2D eigenvalue weighted by Crippen LogP contribution is 2.26. The Labute approximate surface area is 156 Å². The summed E-state index contributed by atoms with van der Waals surface area (Å²) in [4.78, 5) is 23.7. The number of aryl methyl sites for hydroxylation is 1. The first-order valence-corrected chi connectivity index (χ1v) is 8.42. The van der Waals surface area contributed by atoms with Crippen molar-refractivity contribution in [1.29, 1.82) is 0 Å². The maximum absolute atomic E-state index is 12.4. The molecule has 0 aromatic heterocycles. The number of esters is 2. The molecule has 5 nitrogen and oxygen atoms in total. The van der Waals surface area contributed by atoms with Crippen LogP contribution in [0, 0.1) is 0 Å². The molecule has 3 rings (SSSR count). The van der Waals surface area contributed by atoms with Crippen LogP contribution in [0.2, 0.25) is 0 Å². The highest BCUT2D eigenvalue weighted by atomic mass is 16.5. The van der Waals surface area contributed by atoms with Gasteiger partial charge in [-0.1, -0.05) is 25.6 Å². The Balaban J connectivity index is 1.82. The van der Waals surface area contributed by atoms with Crippen LogP contribution in [0.3, 0.4) is 0 Å². The predicted molar refractivity (Wildman–Crippen MR) is 102 cm³/mol. The molecule has 1 N–H and O–H groups in total. The van der Waals surface area contributed by atoms with E-state index in [1.165, 1.54) is 6.07 Å². The van der Waals surface area contributed by atoms with E-state index >= 15 is 0 Å². The van der Waals surface area contributed by atoms with Crippen LogP contribution in [0.4, 0.5) is 0 Å². The first-order chi connectivity index (χ1) is 13.0. The molecular formula is C22H18O5. The zero-order chi connectivity index (χ0) is 19.4. The number of benzene rings is 3. The van der Waals surface area contributed by atoms with Gasteiger partial charge in [-0.25, -0.2) is 9.59 Å². The average molecular weight is 362 g/mol. The fraction of sp³-hybridized carbons (Fsp3) is 0.0909. The number of hydrogen-bond acceptors (Lipinski definition) is 5. The Morgan fingerprint density at radius 3 is 2.37 bits per heavy atom. The second-order valence-electron chi connectivity index (χ2n) is 5.88. The molecule has 0 aliphatic heterocycles. The van der Waals surface area contributed by atoms with Crippen molar-refractivity contribution in [3.8, 4) is 17.2 Å². The molecule has 3 aromatic carbocycles. The molecule has 0 aliphatic carbocycles. The van der Waals surface area contributed by atoms with Gasteiger partial charge in [0, 0.05) is 6.08 Å². The average Bonchev–Trinajstić information content (AvgIpc) is 2.68. The van der Waals surface area contributed by atoms with Gasteiger partial charge in [-0.3, -0.25) is 0 Å². The SMILES string of the molecule is C=CC(=O)Oc1ccc2cc(C(=O)Oc3ccc(O)c(CC)c3)ccc2c1. The summed E-state index contributed by atoms with van der Waals surface area (Å²) in [6.45, 7) is 5.27. The van der Waals surface area contributed by atoms with Crippen LogP contribution in [-0.4, -0.2) is 17.0 Å². The van der Waals surface area contributed by atoms with E-state index in [9.17, 15) is 14.7 Å². The van der Waals surface area contributed by atoms with E-state index in [1.54, 1.807) is 48.5 Å². The molecule has 0 spiro atoms. The molecule has 5 heteroatoms. The van der Waals surface area contributed by atoms with Crippen molar-refractivity contribution in [2.75, 3.05) is 0 Å². The number of aromatic hydroxyl groups is 1. The van der Waals surface area contributed by atoms with E-state index in [0.29, 0.717) is 29.0 Å². The van der Waals surface area contributed by atoms with E-state index in [0.717, 1.165) is 16.8 Å². The molecule has 136 valence electrons. The van der Waals surface area contributed by atoms with Gasteiger partial charge in [0.2, 0.25) is 0 Å². The zero-order valence-corrected chi connectivity index (χ0v) is 14.8. The van der Waals surface area contributed by atoms with Crippen molar-refractivity contribution < 1.29 is 24.2 Å². The minimum Gasteiger partial charge on any atom is -0.508 e. The van der Waals surface area contributed by atoms with Crippen molar-refractivity contribution >= 4 is 22.7 Å². The van der Waals surface area contributed by atoms with Crippen molar-refractivity contribution in [3.05, 3.63) is 78.4 Å². The number of fused-ring (bicyclic) bond motifs is 1. The van der Waals surface area contributed by atoms with Crippen molar-refractivity contribution in [3.63, 3.8) is 0 Å². The van der Waals surface area contributed by atoms with Crippen molar-refractivity contribution in [1.82, 2.24) is 0 Å². The van der Waals surface area contributed by atoms with Gasteiger partial charge < -0.3 is 14.6 Å². The number of ether oxygens (including phenoxy) is 2. The summed E-state index contributed by atoms with van der Waals surface area (Å²) in [7, 11) is 0. The highest BCUT2D eigenvalue weighted by molar-refractivity contribution is 5.97. The Kier molecular flexibility index (Phi) is 5.22. The van der Waals surface area contributed by atoms with E-state index in [2.05, 4.69) is 6.58 Å².